The van der Waals surface area contributed by atoms with Crippen LogP contribution in [-0.4, -0.2) is 53.1 Å². The second kappa shape index (κ2) is 3.58. The summed E-state index contributed by atoms with van der Waals surface area (Å²) < 4.78 is 0. The van der Waals surface area contributed by atoms with E-state index >= 15 is 0 Å². The monoisotopic (exact) mass is 111 g/mol. The number of nitrogens with zero attached hydrogens (tertiary/aromatic N) is 2. The molecule has 30 valence electrons. The molecule has 0 aromatic carbocycles. The third-order valence-corrected chi connectivity index (χ3v) is 0.331. The number of nitrogens with one attached hydrogen (secondary N) is 1. The molecule has 0 unspecified atom stereocenters. The van der Waals surface area contributed by atoms with Crippen LogP contribution >= 0.6 is 0 Å². The molecule has 1 N–H and O–H groups in total. The molecule has 0 saturated carbocycles. The second-order valence-corrected chi connectivity index (χ2v) is 0.656. The number of H-pyrrole nitrogens is 1. The fourth-order valence-corrected chi connectivity index (χ4v) is 0.167. The van der Waals surface area contributed by atoms with Crippen LogP contribution in [0.15, 0.2) is 12.4 Å². The summed E-state index contributed by atoms with van der Waals surface area (Å²) in [7, 11) is 0. The van der Waals surface area contributed by atoms with Gasteiger partial charge < -0.3 is 2.85 Å². The third kappa shape index (κ3) is 1.74. The topological polar surface area (TPSA) is 41.6 Å². The first-order valence-corrected chi connectivity index (χ1v) is 1.30. The van der Waals surface area contributed by atoms with Crippen LogP contribution in [0, 0.1) is 0 Å². The van der Waals surface area contributed by atoms with Crippen LogP contribution in [0.3, 0.4) is 0 Å². The smallest absolute Gasteiger partial charge is 1.00 e. The van der Waals surface area contributed by atoms with Gasteiger partial charge in [-0.3, -0.25) is 0 Å². The zero-order valence-electron chi connectivity index (χ0n) is 5.26. The fourth-order valence-electron chi connectivity index (χ4n) is 0.167. The number of hydrogen-bond acceptors (Lipinski definition) is 2. The molecule has 0 fully saturated rings. The van der Waals surface area contributed by atoms with Crippen molar-refractivity contribution in [3.05, 3.63) is 12.4 Å². The summed E-state index contributed by atoms with van der Waals surface area (Å²) in [4.78, 5) is 0. The largest absolute Gasteiger partial charge is 2.00 e. The molecule has 0 aliphatic rings. The normalized spacial score (nSPS) is 6.67. The van der Waals surface area contributed by atoms with Gasteiger partial charge in [0.1, 0.15) is 0 Å². The molecule has 0 atom stereocenters. The Kier molecular flexibility index (Phi) is 3.82. The quantitative estimate of drug-likeness (QED) is 0.465. The summed E-state index contributed by atoms with van der Waals surface area (Å²) >= 11 is 0. The van der Waals surface area contributed by atoms with Crippen LogP contribution in [0.2, 0.25) is 0 Å². The Hall–Kier alpha value is 0.400. The average molecular weight is 111 g/mol. The minimum Gasteiger partial charge on any atom is -1.00 e. The molecule has 1 heterocycles. The molecule has 0 aliphatic carbocycles. The van der Waals surface area contributed by atoms with Crippen LogP contribution in [-0.2, 0) is 0 Å². The Morgan fingerprint density at radius 1 is 1.33 bits per heavy atom. The average Bonchev–Trinajstić information content (AvgIpc) is 1.76. The summed E-state index contributed by atoms with van der Waals surface area (Å²) in [6, 6.07) is 0. The van der Waals surface area contributed by atoms with Crippen LogP contribution in [0.4, 0.5) is 0 Å². The van der Waals surface area contributed by atoms with E-state index in [1.165, 1.54) is 0 Å². The van der Waals surface area contributed by atoms with Crippen molar-refractivity contribution in [3.63, 3.8) is 0 Å². The summed E-state index contributed by atoms with van der Waals surface area (Å²) in [6.07, 6.45) is 3.17. The number of rotatable bonds is 0. The van der Waals surface area contributed by atoms with E-state index < -0.39 is 0 Å². The Bertz CT molecular complexity index is 71.8. The molecular weight excluding hydrogens is 106 g/mol. The van der Waals surface area contributed by atoms with Gasteiger partial charge in [-0.05, 0) is 0 Å². The van der Waals surface area contributed by atoms with Gasteiger partial charge in [0.05, 0.1) is 12.4 Å². The van der Waals surface area contributed by atoms with Crippen molar-refractivity contribution in [3.8, 4) is 0 Å². The van der Waals surface area contributed by atoms with Gasteiger partial charge in [-0.1, -0.05) is 0 Å². The third-order valence-electron chi connectivity index (χ3n) is 0.331. The molecule has 6 heavy (non-hydrogen) atoms. The van der Waals surface area contributed by atoms with Crippen molar-refractivity contribution in [2.24, 2.45) is 0 Å². The van der Waals surface area contributed by atoms with Gasteiger partial charge in [-0.2, -0.15) is 15.4 Å². The van der Waals surface area contributed by atoms with Crippen LogP contribution in [0.25, 0.3) is 0 Å². The molecule has 1 rings (SSSR count). The molecule has 0 saturated heterocycles. The molecule has 0 bridgehead atoms. The van der Waals surface area contributed by atoms with Gasteiger partial charge in [-0.15, -0.1) is 0 Å². The molecule has 0 amide bonds. The first kappa shape index (κ1) is 6.40. The van der Waals surface area contributed by atoms with E-state index in [2.05, 4.69) is 15.4 Å². The van der Waals surface area contributed by atoms with Gasteiger partial charge in [0.15, 0.2) is 0 Å². The Balaban J connectivity index is -0.0000000833. The molecule has 0 spiro atoms. The minimum atomic E-state index is 0. The molecular formula is C2H5CaN3. The zero-order valence-corrected chi connectivity index (χ0v) is 5.46. The second-order valence-electron chi connectivity index (χ2n) is 0.656. The molecule has 0 radical (unpaired) electrons. The van der Waals surface area contributed by atoms with Gasteiger partial charge in [0.25, 0.3) is 0 Å². The predicted molar refractivity (Wildman–Crippen MR) is 24.4 cm³/mol. The van der Waals surface area contributed by atoms with Crippen molar-refractivity contribution in [2.75, 3.05) is 0 Å². The summed E-state index contributed by atoms with van der Waals surface area (Å²) in [5, 5.41) is 9.33. The maximum Gasteiger partial charge on any atom is 2.00 e. The fraction of sp³-hybridized carbons (Fsp3) is 0. The number of aromatic nitrogens is 3. The summed E-state index contributed by atoms with van der Waals surface area (Å²) in [6.45, 7) is 0. The van der Waals surface area contributed by atoms with E-state index in [9.17, 15) is 0 Å². The van der Waals surface area contributed by atoms with Gasteiger partial charge in [0, 0.05) is 0 Å². The van der Waals surface area contributed by atoms with E-state index in [0.29, 0.717) is 0 Å². The van der Waals surface area contributed by atoms with Crippen molar-refractivity contribution >= 4 is 37.7 Å². The van der Waals surface area contributed by atoms with E-state index in [1.54, 1.807) is 12.4 Å². The van der Waals surface area contributed by atoms with Crippen molar-refractivity contribution < 1.29 is 2.85 Å². The Morgan fingerprint density at radius 2 is 1.83 bits per heavy atom. The van der Waals surface area contributed by atoms with E-state index in [0.717, 1.165) is 0 Å². The van der Waals surface area contributed by atoms with Crippen LogP contribution in [0.1, 0.15) is 2.85 Å². The Morgan fingerprint density at radius 3 is 2.00 bits per heavy atom. The molecule has 1 aromatic heterocycles. The number of hydrogen-bond donors (Lipinski definition) is 1. The van der Waals surface area contributed by atoms with Crippen molar-refractivity contribution in [2.45, 2.75) is 0 Å². The summed E-state index contributed by atoms with van der Waals surface area (Å²) in [5.74, 6) is 0. The van der Waals surface area contributed by atoms with Gasteiger partial charge >= 0.3 is 37.7 Å². The SMILES string of the molecule is [Ca+2].[H-].[H-].c1cn[nH]n1. The first-order chi connectivity index (χ1) is 2.50. The van der Waals surface area contributed by atoms with Crippen molar-refractivity contribution in [1.82, 2.24) is 15.4 Å². The molecule has 3 nitrogen and oxygen atoms in total. The zero-order chi connectivity index (χ0) is 3.54. The maximum absolute atomic E-state index is 3.49. The van der Waals surface area contributed by atoms with E-state index in [4.69, 9.17) is 0 Å². The predicted octanol–water partition coefficient (Wildman–Crippen LogP) is -0.351. The molecule has 1 aromatic rings. The van der Waals surface area contributed by atoms with Gasteiger partial charge in [0.2, 0.25) is 0 Å². The van der Waals surface area contributed by atoms with E-state index in [-0.39, 0.29) is 40.6 Å². The first-order valence-electron chi connectivity index (χ1n) is 1.30. The minimum absolute atomic E-state index is 0. The summed E-state index contributed by atoms with van der Waals surface area (Å²) in [5.41, 5.74) is 0. The van der Waals surface area contributed by atoms with Crippen LogP contribution in [0.5, 0.6) is 0 Å². The number of aromatic amines is 1. The Labute approximate surface area is 68.1 Å². The van der Waals surface area contributed by atoms with Crippen molar-refractivity contribution in [1.29, 1.82) is 0 Å². The molecule has 0 aliphatic heterocycles. The molecule has 4 heteroatoms. The van der Waals surface area contributed by atoms with Crippen LogP contribution < -0.4 is 0 Å². The van der Waals surface area contributed by atoms with Gasteiger partial charge in [-0.25, -0.2) is 0 Å². The van der Waals surface area contributed by atoms with E-state index in [1.807, 2.05) is 0 Å². The standard InChI is InChI=1S/C2H3N3.Ca.2H/c1-2-4-5-3-1;;;/h1-2H,(H,3,4,5);;;/q;+2;2*-1. The maximum atomic E-state index is 3.49.